The average molecular weight is 594 g/mol. The summed E-state index contributed by atoms with van der Waals surface area (Å²) in [4.78, 5) is 57.4. The minimum absolute atomic E-state index is 0.00819. The summed E-state index contributed by atoms with van der Waals surface area (Å²) in [6.45, 7) is 1.75. The molecule has 3 atom stereocenters. The summed E-state index contributed by atoms with van der Waals surface area (Å²) >= 11 is 6.59. The van der Waals surface area contributed by atoms with Gasteiger partial charge in [-0.25, -0.2) is 4.79 Å². The number of ketones is 2. The van der Waals surface area contributed by atoms with Gasteiger partial charge >= 0.3 is 5.69 Å². The average Bonchev–Trinajstić information content (AvgIpc) is 3.57. The van der Waals surface area contributed by atoms with Gasteiger partial charge in [-0.1, -0.05) is 24.6 Å². The van der Waals surface area contributed by atoms with Gasteiger partial charge < -0.3 is 29.0 Å². The molecule has 0 bridgehead atoms. The number of benzene rings is 2. The molecule has 2 N–H and O–H groups in total. The Balaban J connectivity index is 1.46. The summed E-state index contributed by atoms with van der Waals surface area (Å²) in [6.07, 6.45) is 0.180. The number of carbonyl (C=O) groups is 2. The number of carbonyl (C=O) groups excluding carboxylic acids is 2. The number of halogens is 1. The number of hydrogen-bond donors (Lipinski definition) is 2. The van der Waals surface area contributed by atoms with E-state index in [9.17, 15) is 19.2 Å². The normalized spacial score (nSPS) is 23.3. The molecule has 12 nitrogen and oxygen atoms in total. The van der Waals surface area contributed by atoms with Gasteiger partial charge in [0.2, 0.25) is 24.0 Å². The van der Waals surface area contributed by atoms with E-state index in [-0.39, 0.29) is 58.0 Å². The van der Waals surface area contributed by atoms with Gasteiger partial charge in [0.1, 0.15) is 27.9 Å². The molecule has 0 fully saturated rings. The Morgan fingerprint density at radius 3 is 2.50 bits per heavy atom. The number of rotatable bonds is 3. The fourth-order valence-corrected chi connectivity index (χ4v) is 6.65. The van der Waals surface area contributed by atoms with E-state index in [1.807, 2.05) is 0 Å². The first-order chi connectivity index (χ1) is 20.1. The summed E-state index contributed by atoms with van der Waals surface area (Å²) in [7, 11) is 4.32. The van der Waals surface area contributed by atoms with Crippen LogP contribution in [0.1, 0.15) is 40.7 Å². The number of fused-ring (bicyclic) bond motifs is 3. The maximum Gasteiger partial charge on any atom is 0.329 e. The van der Waals surface area contributed by atoms with Gasteiger partial charge in [-0.15, -0.1) is 0 Å². The third kappa shape index (κ3) is 3.23. The number of nitrogens with zero attached hydrogens (tertiary/aromatic N) is 1. The van der Waals surface area contributed by atoms with Crippen molar-refractivity contribution in [3.8, 4) is 28.7 Å². The fourth-order valence-electron chi connectivity index (χ4n) is 6.39. The van der Waals surface area contributed by atoms with Gasteiger partial charge in [0, 0.05) is 36.2 Å². The topological polar surface area (TPSA) is 147 Å². The quantitative estimate of drug-likeness (QED) is 0.434. The minimum Gasteiger partial charge on any atom is -0.496 e. The van der Waals surface area contributed by atoms with E-state index in [1.54, 1.807) is 25.1 Å². The van der Waals surface area contributed by atoms with Gasteiger partial charge in [0.05, 0.1) is 19.8 Å². The lowest BCUT2D eigenvalue weighted by molar-refractivity contribution is -0.130. The van der Waals surface area contributed by atoms with E-state index in [2.05, 4.69) is 10.3 Å². The molecule has 1 unspecified atom stereocenters. The summed E-state index contributed by atoms with van der Waals surface area (Å²) in [5.41, 5.74) is -1.96. The number of H-pyrrole nitrogens is 1. The van der Waals surface area contributed by atoms with Crippen molar-refractivity contribution in [2.45, 2.75) is 24.9 Å². The molecular formula is C29H24ClN3O9. The predicted octanol–water partition coefficient (Wildman–Crippen LogP) is 2.91. The van der Waals surface area contributed by atoms with E-state index in [0.717, 1.165) is 0 Å². The van der Waals surface area contributed by atoms with E-state index >= 15 is 0 Å². The molecule has 0 saturated heterocycles. The van der Waals surface area contributed by atoms with Crippen LogP contribution in [0.2, 0.25) is 5.02 Å². The molecule has 3 aromatic rings. The first-order valence-electron chi connectivity index (χ1n) is 13.1. The van der Waals surface area contributed by atoms with Crippen LogP contribution in [0, 0.1) is 5.92 Å². The molecule has 0 amide bonds. The maximum atomic E-state index is 14.8. The summed E-state index contributed by atoms with van der Waals surface area (Å²) in [5, 5.41) is 3.20. The number of methoxy groups -OCH3 is 2. The number of nitrogens with one attached hydrogen (secondary N) is 2. The van der Waals surface area contributed by atoms with E-state index < -0.39 is 40.3 Å². The Morgan fingerprint density at radius 1 is 1.02 bits per heavy atom. The van der Waals surface area contributed by atoms with Crippen molar-refractivity contribution in [2.24, 2.45) is 13.0 Å². The van der Waals surface area contributed by atoms with Crippen molar-refractivity contribution in [1.29, 1.82) is 0 Å². The highest BCUT2D eigenvalue weighted by molar-refractivity contribution is 6.36. The van der Waals surface area contributed by atoms with Crippen LogP contribution in [0.4, 0.5) is 5.82 Å². The lowest BCUT2D eigenvalue weighted by Crippen LogP contribution is -2.58. The van der Waals surface area contributed by atoms with Crippen LogP contribution in [0.3, 0.4) is 0 Å². The largest absolute Gasteiger partial charge is 0.496 e. The number of Topliss-reactive ketones (excluding diaryl/α,β-unsaturated/α-hetero) is 2. The second kappa shape index (κ2) is 8.89. The minimum atomic E-state index is -1.99. The molecule has 0 saturated carbocycles. The molecule has 0 radical (unpaired) electrons. The molecule has 3 aliphatic heterocycles. The first kappa shape index (κ1) is 26.2. The number of hydrogen-bond acceptors (Lipinski definition) is 10. The van der Waals surface area contributed by atoms with Crippen molar-refractivity contribution >= 4 is 29.0 Å². The highest BCUT2D eigenvalue weighted by atomic mass is 35.5. The second-order valence-electron chi connectivity index (χ2n) is 10.5. The Morgan fingerprint density at radius 2 is 1.76 bits per heavy atom. The molecule has 1 spiro atoms. The smallest absolute Gasteiger partial charge is 0.329 e. The Labute approximate surface area is 242 Å². The zero-order chi connectivity index (χ0) is 29.7. The van der Waals surface area contributed by atoms with Crippen molar-refractivity contribution in [3.05, 3.63) is 78.1 Å². The number of anilines is 1. The molecule has 216 valence electrons. The van der Waals surface area contributed by atoms with Crippen LogP contribution in [0.5, 0.6) is 28.7 Å². The van der Waals surface area contributed by atoms with Crippen LogP contribution in [0.15, 0.2) is 45.1 Å². The molecule has 7 rings (SSSR count). The number of ether oxygens (including phenoxy) is 5. The zero-order valence-corrected chi connectivity index (χ0v) is 23.6. The maximum absolute atomic E-state index is 14.8. The van der Waals surface area contributed by atoms with Crippen LogP contribution in [-0.2, 0) is 11.8 Å². The molecule has 1 aliphatic carbocycles. The van der Waals surface area contributed by atoms with Crippen LogP contribution in [-0.4, -0.2) is 47.7 Å². The fraction of sp³-hybridized carbons (Fsp3) is 0.310. The highest BCUT2D eigenvalue weighted by Crippen LogP contribution is 2.56. The molecule has 2 aromatic carbocycles. The summed E-state index contributed by atoms with van der Waals surface area (Å²) in [6, 6.07) is 6.56. The van der Waals surface area contributed by atoms with E-state index in [4.69, 9.17) is 35.3 Å². The summed E-state index contributed by atoms with van der Waals surface area (Å²) in [5.74, 6) is -1.35. The second-order valence-corrected chi connectivity index (χ2v) is 10.9. The van der Waals surface area contributed by atoms with Gasteiger partial charge in [0.25, 0.3) is 5.56 Å². The third-order valence-corrected chi connectivity index (χ3v) is 8.82. The number of allylic oxidation sites excluding steroid dienone is 1. The van der Waals surface area contributed by atoms with Crippen LogP contribution < -0.4 is 40.3 Å². The van der Waals surface area contributed by atoms with Gasteiger partial charge in [-0.05, 0) is 24.1 Å². The lowest BCUT2D eigenvalue weighted by atomic mass is 9.66. The highest BCUT2D eigenvalue weighted by Gasteiger charge is 2.63. The van der Waals surface area contributed by atoms with Gasteiger partial charge in [-0.2, -0.15) is 0 Å². The predicted molar refractivity (Wildman–Crippen MR) is 148 cm³/mol. The molecule has 13 heteroatoms. The summed E-state index contributed by atoms with van der Waals surface area (Å²) < 4.78 is 29.5. The Hall–Kier alpha value is -4.71. The van der Waals surface area contributed by atoms with Crippen LogP contribution >= 0.6 is 11.6 Å². The van der Waals surface area contributed by atoms with Gasteiger partial charge in [-0.3, -0.25) is 23.9 Å². The third-order valence-electron chi connectivity index (χ3n) is 8.47. The molecular weight excluding hydrogens is 570 g/mol. The first-order valence-corrected chi connectivity index (χ1v) is 13.5. The molecule has 4 heterocycles. The Kier molecular flexibility index (Phi) is 5.55. The van der Waals surface area contributed by atoms with Crippen molar-refractivity contribution in [3.63, 3.8) is 0 Å². The van der Waals surface area contributed by atoms with Crippen molar-refractivity contribution < 1.29 is 33.3 Å². The SMILES string of the molecule is COc1cc(OC)c2c(c1Cl)O[C@@]1(C(=O)C3=C(C[C@H]1C)Nc1c(c(=O)[nH]c(=O)n1C)C3c1ccc3c(c1)OCO3)C2=O. The Bertz CT molecular complexity index is 1910. The van der Waals surface area contributed by atoms with Crippen molar-refractivity contribution in [2.75, 3.05) is 26.3 Å². The van der Waals surface area contributed by atoms with E-state index in [1.165, 1.54) is 31.9 Å². The number of aromatic amines is 1. The number of aromatic nitrogens is 2. The molecule has 42 heavy (non-hydrogen) atoms. The lowest BCUT2D eigenvalue weighted by Gasteiger charge is -2.42. The monoisotopic (exact) mass is 593 g/mol. The van der Waals surface area contributed by atoms with Gasteiger partial charge in [0.15, 0.2) is 17.2 Å². The van der Waals surface area contributed by atoms with Crippen LogP contribution in [0.25, 0.3) is 0 Å². The molecule has 1 aromatic heterocycles. The van der Waals surface area contributed by atoms with E-state index in [0.29, 0.717) is 22.8 Å². The molecule has 4 aliphatic rings. The standard InChI is InChI=1S/C29H24ClN3O9/c1-11-7-13-19(24(34)29(11)25(35)20-16(38-3)9-17(39-4)22(30)23(20)42-29)18(12-5-6-14-15(8-12)41-10-40-14)21-26(31-13)33(2)28(37)32-27(21)36/h5-6,8-9,11,18,31H,7,10H2,1-4H3,(H,32,36,37)/t11-,18?,29+/m1/s1. The zero-order valence-electron chi connectivity index (χ0n) is 22.9. The van der Waals surface area contributed by atoms with Crippen molar-refractivity contribution in [1.82, 2.24) is 9.55 Å².